The van der Waals surface area contributed by atoms with Crippen molar-refractivity contribution in [2.75, 3.05) is 6.79 Å². The van der Waals surface area contributed by atoms with Crippen LogP contribution in [0.5, 0.6) is 17.2 Å². The van der Waals surface area contributed by atoms with Gasteiger partial charge in [-0.05, 0) is 17.4 Å². The Morgan fingerprint density at radius 3 is 2.41 bits per heavy atom. The normalized spacial score (nSPS) is 14.5. The van der Waals surface area contributed by atoms with Crippen molar-refractivity contribution in [3.8, 4) is 17.2 Å². The van der Waals surface area contributed by atoms with E-state index in [9.17, 15) is 5.11 Å². The average molecular weight is 236 g/mol. The molecule has 3 nitrogen and oxygen atoms in total. The van der Waals surface area contributed by atoms with Crippen molar-refractivity contribution in [1.29, 1.82) is 0 Å². The standard InChI is InChI=1S/C14H20O3/c1-8(2)11-12(15)9(14(3,4)5)6-10-13(11)17-7-16-10/h6,8,15H,7H2,1-5H3. The lowest BCUT2D eigenvalue weighted by Gasteiger charge is -2.24. The van der Waals surface area contributed by atoms with Gasteiger partial charge in [0.15, 0.2) is 11.5 Å². The lowest BCUT2D eigenvalue weighted by atomic mass is 9.83. The number of hydrogen-bond acceptors (Lipinski definition) is 3. The van der Waals surface area contributed by atoms with Crippen LogP contribution in [0.25, 0.3) is 0 Å². The Kier molecular flexibility index (Phi) is 2.72. The van der Waals surface area contributed by atoms with Crippen LogP contribution >= 0.6 is 0 Å². The molecule has 3 heteroatoms. The van der Waals surface area contributed by atoms with Gasteiger partial charge in [0.05, 0.1) is 0 Å². The van der Waals surface area contributed by atoms with Gasteiger partial charge in [0.2, 0.25) is 6.79 Å². The van der Waals surface area contributed by atoms with Crippen molar-refractivity contribution in [2.45, 2.75) is 46.0 Å². The van der Waals surface area contributed by atoms with E-state index in [0.29, 0.717) is 11.5 Å². The van der Waals surface area contributed by atoms with Crippen LogP contribution in [0.15, 0.2) is 6.07 Å². The van der Waals surface area contributed by atoms with Crippen LogP contribution in [0.1, 0.15) is 51.7 Å². The van der Waals surface area contributed by atoms with Gasteiger partial charge in [-0.25, -0.2) is 0 Å². The third-order valence-corrected chi connectivity index (χ3v) is 3.06. The monoisotopic (exact) mass is 236 g/mol. The van der Waals surface area contributed by atoms with Crippen LogP contribution in [0.4, 0.5) is 0 Å². The molecule has 94 valence electrons. The smallest absolute Gasteiger partial charge is 0.231 e. The molecule has 0 fully saturated rings. The molecule has 1 aromatic rings. The van der Waals surface area contributed by atoms with Crippen molar-refractivity contribution < 1.29 is 14.6 Å². The zero-order valence-corrected chi connectivity index (χ0v) is 11.1. The largest absolute Gasteiger partial charge is 0.507 e. The highest BCUT2D eigenvalue weighted by molar-refractivity contribution is 5.61. The molecule has 1 aliphatic heterocycles. The average Bonchev–Trinajstić information content (AvgIpc) is 2.61. The molecule has 0 atom stereocenters. The molecule has 1 aromatic carbocycles. The van der Waals surface area contributed by atoms with E-state index in [4.69, 9.17) is 9.47 Å². The molecule has 0 bridgehead atoms. The van der Waals surface area contributed by atoms with Gasteiger partial charge in [0.25, 0.3) is 0 Å². The van der Waals surface area contributed by atoms with Gasteiger partial charge in [-0.2, -0.15) is 0 Å². The van der Waals surface area contributed by atoms with E-state index in [1.54, 1.807) is 0 Å². The summed E-state index contributed by atoms with van der Waals surface area (Å²) in [5.74, 6) is 1.99. The van der Waals surface area contributed by atoms with E-state index in [-0.39, 0.29) is 18.1 Å². The van der Waals surface area contributed by atoms with Crippen molar-refractivity contribution in [3.63, 3.8) is 0 Å². The van der Waals surface area contributed by atoms with E-state index >= 15 is 0 Å². The molecule has 0 spiro atoms. The second-order valence-corrected chi connectivity index (χ2v) is 5.82. The minimum absolute atomic E-state index is 0.116. The quantitative estimate of drug-likeness (QED) is 0.810. The topological polar surface area (TPSA) is 38.7 Å². The first-order chi connectivity index (χ1) is 7.82. The van der Waals surface area contributed by atoms with E-state index in [0.717, 1.165) is 16.9 Å². The Hall–Kier alpha value is -1.38. The molecule has 0 saturated carbocycles. The Morgan fingerprint density at radius 1 is 1.24 bits per heavy atom. The summed E-state index contributed by atoms with van der Waals surface area (Å²) in [6.45, 7) is 10.6. The summed E-state index contributed by atoms with van der Waals surface area (Å²) in [6, 6.07) is 1.89. The molecule has 2 rings (SSSR count). The molecular formula is C14H20O3. The van der Waals surface area contributed by atoms with Crippen molar-refractivity contribution in [2.24, 2.45) is 0 Å². The molecule has 0 unspecified atom stereocenters. The van der Waals surface area contributed by atoms with E-state index in [1.807, 2.05) is 19.9 Å². The third kappa shape index (κ3) is 1.94. The highest BCUT2D eigenvalue weighted by atomic mass is 16.7. The summed E-state index contributed by atoms with van der Waals surface area (Å²) in [4.78, 5) is 0. The van der Waals surface area contributed by atoms with Gasteiger partial charge in [0, 0.05) is 11.1 Å². The second kappa shape index (κ2) is 3.83. The maximum Gasteiger partial charge on any atom is 0.231 e. The summed E-state index contributed by atoms with van der Waals surface area (Å²) in [5, 5.41) is 10.4. The summed E-state index contributed by atoms with van der Waals surface area (Å²) >= 11 is 0. The molecule has 1 N–H and O–H groups in total. The van der Waals surface area contributed by atoms with Crippen LogP contribution in [-0.2, 0) is 5.41 Å². The van der Waals surface area contributed by atoms with Gasteiger partial charge >= 0.3 is 0 Å². The minimum Gasteiger partial charge on any atom is -0.507 e. The molecule has 1 aliphatic rings. The summed E-state index contributed by atoms with van der Waals surface area (Å²) < 4.78 is 10.9. The predicted octanol–water partition coefficient (Wildman–Crippen LogP) is 3.54. The zero-order valence-electron chi connectivity index (χ0n) is 11.1. The van der Waals surface area contributed by atoms with Gasteiger partial charge in [0.1, 0.15) is 5.75 Å². The van der Waals surface area contributed by atoms with Gasteiger partial charge in [-0.1, -0.05) is 34.6 Å². The lowest BCUT2D eigenvalue weighted by molar-refractivity contribution is 0.173. The maximum absolute atomic E-state index is 10.4. The van der Waals surface area contributed by atoms with Crippen molar-refractivity contribution in [1.82, 2.24) is 0 Å². The number of rotatable bonds is 1. The maximum atomic E-state index is 10.4. The Balaban J connectivity index is 2.70. The number of aromatic hydroxyl groups is 1. The van der Waals surface area contributed by atoms with Crippen LogP contribution in [0, 0.1) is 0 Å². The predicted molar refractivity (Wildman–Crippen MR) is 67.0 cm³/mol. The van der Waals surface area contributed by atoms with Crippen LogP contribution in [-0.4, -0.2) is 11.9 Å². The van der Waals surface area contributed by atoms with E-state index in [2.05, 4.69) is 20.8 Å². The molecule has 0 radical (unpaired) electrons. The fourth-order valence-corrected chi connectivity index (χ4v) is 2.17. The highest BCUT2D eigenvalue weighted by Crippen LogP contribution is 2.48. The first kappa shape index (κ1) is 12.1. The molecule has 0 aliphatic carbocycles. The van der Waals surface area contributed by atoms with Crippen LogP contribution < -0.4 is 9.47 Å². The van der Waals surface area contributed by atoms with Crippen LogP contribution in [0.2, 0.25) is 0 Å². The number of phenols is 1. The molecule has 17 heavy (non-hydrogen) atoms. The van der Waals surface area contributed by atoms with Gasteiger partial charge < -0.3 is 14.6 Å². The molecule has 0 aromatic heterocycles. The third-order valence-electron chi connectivity index (χ3n) is 3.06. The minimum atomic E-state index is -0.116. The van der Waals surface area contributed by atoms with Crippen molar-refractivity contribution in [3.05, 3.63) is 17.2 Å². The Labute approximate surface area is 102 Å². The number of hydrogen-bond donors (Lipinski definition) is 1. The fraction of sp³-hybridized carbons (Fsp3) is 0.571. The zero-order chi connectivity index (χ0) is 12.8. The first-order valence-electron chi connectivity index (χ1n) is 5.98. The fourth-order valence-electron chi connectivity index (χ4n) is 2.17. The van der Waals surface area contributed by atoms with Crippen molar-refractivity contribution >= 4 is 0 Å². The molecular weight excluding hydrogens is 216 g/mol. The van der Waals surface area contributed by atoms with Gasteiger partial charge in [-0.15, -0.1) is 0 Å². The SMILES string of the molecule is CC(C)c1c(O)c(C(C)(C)C)cc2c1OCO2. The second-order valence-electron chi connectivity index (χ2n) is 5.82. The van der Waals surface area contributed by atoms with E-state index < -0.39 is 0 Å². The first-order valence-corrected chi connectivity index (χ1v) is 5.98. The number of benzene rings is 1. The molecule has 1 heterocycles. The number of phenolic OH excluding ortho intramolecular Hbond substituents is 1. The van der Waals surface area contributed by atoms with E-state index in [1.165, 1.54) is 0 Å². The number of ether oxygens (including phenoxy) is 2. The summed E-state index contributed by atoms with van der Waals surface area (Å²) in [6.07, 6.45) is 0. The molecule has 0 amide bonds. The summed E-state index contributed by atoms with van der Waals surface area (Å²) in [7, 11) is 0. The molecule has 0 saturated heterocycles. The Morgan fingerprint density at radius 2 is 1.88 bits per heavy atom. The number of fused-ring (bicyclic) bond motifs is 1. The summed E-state index contributed by atoms with van der Waals surface area (Å²) in [5.41, 5.74) is 1.64. The van der Waals surface area contributed by atoms with Crippen LogP contribution in [0.3, 0.4) is 0 Å². The van der Waals surface area contributed by atoms with Gasteiger partial charge in [-0.3, -0.25) is 0 Å². The Bertz CT molecular complexity index is 442. The lowest BCUT2D eigenvalue weighted by Crippen LogP contribution is -2.12. The highest BCUT2D eigenvalue weighted by Gasteiger charge is 2.29.